The number of hydrogen-bond donors (Lipinski definition) is 1. The number of fused-ring (bicyclic) bond motifs is 1. The number of sulfone groups is 1. The van der Waals surface area contributed by atoms with E-state index in [0.29, 0.717) is 24.0 Å². The van der Waals surface area contributed by atoms with Crippen molar-refractivity contribution in [3.63, 3.8) is 0 Å². The van der Waals surface area contributed by atoms with E-state index in [-0.39, 0.29) is 23.4 Å². The fourth-order valence-corrected chi connectivity index (χ4v) is 5.45. The number of alkyl halides is 9. The smallest absolute Gasteiger partial charge is 0.348 e. The lowest BCUT2D eigenvalue weighted by atomic mass is 9.76. The SMILES string of the molecule is CS(=O)(=O)CC(=O)NC1CCc2cc(C3=NCC(c4cc(C(F)(F)F)nc(C(F)(F)F)c4)(C(F)(F)F)C3)ccc21. The minimum atomic E-state index is -5.43. The maximum Gasteiger partial charge on any atom is 0.433 e. The molecule has 1 aliphatic heterocycles. The monoisotopic (exact) mass is 601 g/mol. The molecule has 2 heterocycles. The molecular weight excluding hydrogens is 581 g/mol. The topological polar surface area (TPSA) is 88.5 Å². The van der Waals surface area contributed by atoms with Gasteiger partial charge in [-0.25, -0.2) is 13.4 Å². The summed E-state index contributed by atoms with van der Waals surface area (Å²) in [5.41, 5.74) is -7.36. The Bertz CT molecular complexity index is 1450. The first-order valence-electron chi connectivity index (χ1n) is 11.6. The third kappa shape index (κ3) is 5.95. The summed E-state index contributed by atoms with van der Waals surface area (Å²) < 4.78 is 146. The molecule has 218 valence electrons. The molecule has 16 heteroatoms. The summed E-state index contributed by atoms with van der Waals surface area (Å²) in [5.74, 6) is -1.46. The van der Waals surface area contributed by atoms with E-state index in [2.05, 4.69) is 15.3 Å². The zero-order valence-corrected chi connectivity index (χ0v) is 21.2. The van der Waals surface area contributed by atoms with Crippen molar-refractivity contribution < 1.29 is 52.7 Å². The van der Waals surface area contributed by atoms with Crippen LogP contribution in [0, 0.1) is 0 Å². The average molecular weight is 601 g/mol. The normalized spacial score (nSPS) is 21.8. The number of halogens is 9. The summed E-state index contributed by atoms with van der Waals surface area (Å²) >= 11 is 0. The lowest BCUT2D eigenvalue weighted by molar-refractivity contribution is -0.185. The Morgan fingerprint density at radius 1 is 1.00 bits per heavy atom. The van der Waals surface area contributed by atoms with Gasteiger partial charge in [-0.2, -0.15) is 39.5 Å². The maximum atomic E-state index is 14.4. The molecule has 1 aliphatic carbocycles. The van der Waals surface area contributed by atoms with Crippen molar-refractivity contribution in [2.75, 3.05) is 18.6 Å². The lowest BCUT2D eigenvalue weighted by Crippen LogP contribution is -2.44. The van der Waals surface area contributed by atoms with Crippen molar-refractivity contribution in [2.24, 2.45) is 4.99 Å². The number of carbonyl (C=O) groups is 1. The third-order valence-electron chi connectivity index (χ3n) is 6.79. The van der Waals surface area contributed by atoms with Crippen molar-refractivity contribution in [3.8, 4) is 0 Å². The van der Waals surface area contributed by atoms with Crippen LogP contribution in [0.2, 0.25) is 0 Å². The molecular formula is C24H20F9N3O3S. The summed E-state index contributed by atoms with van der Waals surface area (Å²) in [7, 11) is -3.58. The largest absolute Gasteiger partial charge is 0.433 e. The van der Waals surface area contributed by atoms with Crippen LogP contribution in [0.5, 0.6) is 0 Å². The van der Waals surface area contributed by atoms with Crippen LogP contribution in [-0.4, -0.2) is 49.8 Å². The highest BCUT2D eigenvalue weighted by atomic mass is 32.2. The number of hydrogen-bond acceptors (Lipinski definition) is 5. The molecule has 1 aromatic heterocycles. The highest BCUT2D eigenvalue weighted by Crippen LogP contribution is 2.49. The minimum absolute atomic E-state index is 0.0202. The van der Waals surface area contributed by atoms with Crippen LogP contribution >= 0.6 is 0 Å². The number of aromatic nitrogens is 1. The Hall–Kier alpha value is -3.17. The molecule has 1 amide bonds. The molecule has 0 saturated carbocycles. The van der Waals surface area contributed by atoms with E-state index in [9.17, 15) is 52.7 Å². The van der Waals surface area contributed by atoms with Gasteiger partial charge in [-0.3, -0.25) is 9.79 Å². The van der Waals surface area contributed by atoms with Crippen LogP contribution in [-0.2, 0) is 38.8 Å². The first-order chi connectivity index (χ1) is 18.2. The summed E-state index contributed by atoms with van der Waals surface area (Å²) in [6.07, 6.45) is -15.5. The molecule has 1 aromatic carbocycles. The van der Waals surface area contributed by atoms with Crippen molar-refractivity contribution in [1.82, 2.24) is 10.3 Å². The van der Waals surface area contributed by atoms with E-state index in [1.54, 1.807) is 0 Å². The van der Waals surface area contributed by atoms with Gasteiger partial charge in [-0.05, 0) is 53.3 Å². The Balaban J connectivity index is 1.66. The van der Waals surface area contributed by atoms with Gasteiger partial charge in [0.2, 0.25) is 5.91 Å². The van der Waals surface area contributed by atoms with Gasteiger partial charge >= 0.3 is 18.5 Å². The second-order valence-electron chi connectivity index (χ2n) is 9.78. The van der Waals surface area contributed by atoms with Crippen molar-refractivity contribution in [2.45, 2.75) is 49.2 Å². The second kappa shape index (κ2) is 9.73. The fourth-order valence-electron chi connectivity index (χ4n) is 4.89. The Labute approximate surface area is 221 Å². The molecule has 6 nitrogen and oxygen atoms in total. The van der Waals surface area contributed by atoms with Gasteiger partial charge in [0.1, 0.15) is 22.6 Å². The zero-order valence-electron chi connectivity index (χ0n) is 20.4. The predicted molar refractivity (Wildman–Crippen MR) is 123 cm³/mol. The van der Waals surface area contributed by atoms with Gasteiger partial charge in [0, 0.05) is 18.4 Å². The highest BCUT2D eigenvalue weighted by Gasteiger charge is 2.59. The number of rotatable bonds is 5. The Kier molecular flexibility index (Phi) is 7.25. The Morgan fingerprint density at radius 2 is 1.60 bits per heavy atom. The van der Waals surface area contributed by atoms with Crippen LogP contribution in [0.3, 0.4) is 0 Å². The van der Waals surface area contributed by atoms with E-state index in [0.717, 1.165) is 6.26 Å². The molecule has 1 N–H and O–H groups in total. The lowest BCUT2D eigenvalue weighted by Gasteiger charge is -2.32. The number of nitrogens with zero attached hydrogens (tertiary/aromatic N) is 2. The average Bonchev–Trinajstić information content (AvgIpc) is 3.41. The summed E-state index contributed by atoms with van der Waals surface area (Å²) in [4.78, 5) is 18.4. The van der Waals surface area contributed by atoms with Gasteiger partial charge in [0.05, 0.1) is 12.6 Å². The van der Waals surface area contributed by atoms with Crippen LogP contribution in [0.4, 0.5) is 39.5 Å². The number of pyridine rings is 1. The number of carbonyl (C=O) groups excluding carboxylic acids is 1. The highest BCUT2D eigenvalue weighted by molar-refractivity contribution is 7.91. The van der Waals surface area contributed by atoms with Crippen LogP contribution in [0.15, 0.2) is 35.3 Å². The summed E-state index contributed by atoms with van der Waals surface area (Å²) in [6, 6.07) is 3.81. The van der Waals surface area contributed by atoms with Gasteiger partial charge in [-0.1, -0.05) is 12.1 Å². The quantitative estimate of drug-likeness (QED) is 0.491. The van der Waals surface area contributed by atoms with Gasteiger partial charge in [0.25, 0.3) is 0 Å². The van der Waals surface area contributed by atoms with E-state index < -0.39 is 81.4 Å². The molecule has 2 aromatic rings. The predicted octanol–water partition coefficient (Wildman–Crippen LogP) is 4.96. The molecule has 0 spiro atoms. The van der Waals surface area contributed by atoms with Crippen LogP contribution in [0.1, 0.15) is 52.5 Å². The first kappa shape index (κ1) is 29.8. The van der Waals surface area contributed by atoms with Crippen molar-refractivity contribution >= 4 is 21.5 Å². The van der Waals surface area contributed by atoms with E-state index in [1.807, 2.05) is 0 Å². The molecule has 0 fully saturated rings. The first-order valence-corrected chi connectivity index (χ1v) is 13.6. The van der Waals surface area contributed by atoms with E-state index in [4.69, 9.17) is 0 Å². The van der Waals surface area contributed by atoms with Crippen molar-refractivity contribution in [1.29, 1.82) is 0 Å². The standard InChI is InChI=1S/C24H20F9N3O3S/c1-40(38,39)10-20(37)35-16-5-3-12-6-13(2-4-15(12)16)17-9-21(11-34-17,24(31,32)33)14-7-18(22(25,26)27)36-19(8-14)23(28,29)30/h2,4,6-8,16H,3,5,9-11H2,1H3,(H,35,37). The number of aliphatic imine (C=N–C) groups is 1. The van der Waals surface area contributed by atoms with Crippen molar-refractivity contribution in [3.05, 3.63) is 64.0 Å². The summed E-state index contributed by atoms with van der Waals surface area (Å²) in [5, 5.41) is 2.58. The van der Waals surface area contributed by atoms with Crippen LogP contribution < -0.4 is 5.32 Å². The molecule has 4 rings (SSSR count). The van der Waals surface area contributed by atoms with Gasteiger partial charge < -0.3 is 5.32 Å². The van der Waals surface area contributed by atoms with Gasteiger partial charge in [0.15, 0.2) is 9.84 Å². The van der Waals surface area contributed by atoms with E-state index >= 15 is 0 Å². The molecule has 0 saturated heterocycles. The zero-order chi connectivity index (χ0) is 29.9. The third-order valence-corrected chi connectivity index (χ3v) is 7.58. The Morgan fingerprint density at radius 3 is 2.12 bits per heavy atom. The minimum Gasteiger partial charge on any atom is -0.348 e. The number of aryl methyl sites for hydroxylation is 1. The number of amides is 1. The van der Waals surface area contributed by atoms with Gasteiger partial charge in [-0.15, -0.1) is 0 Å². The number of benzene rings is 1. The second-order valence-corrected chi connectivity index (χ2v) is 11.9. The molecule has 2 aliphatic rings. The fraction of sp³-hybridized carbons (Fsp3) is 0.458. The molecule has 0 bridgehead atoms. The maximum absolute atomic E-state index is 14.4. The van der Waals surface area contributed by atoms with E-state index in [1.165, 1.54) is 18.2 Å². The number of nitrogens with one attached hydrogen (secondary N) is 1. The molecule has 2 unspecified atom stereocenters. The molecule has 2 atom stereocenters. The molecule has 40 heavy (non-hydrogen) atoms. The molecule has 0 radical (unpaired) electrons. The summed E-state index contributed by atoms with van der Waals surface area (Å²) in [6.45, 7) is -1.13. The van der Waals surface area contributed by atoms with Crippen LogP contribution in [0.25, 0.3) is 0 Å².